The van der Waals surface area contributed by atoms with Crippen LogP contribution in [0.25, 0.3) is 0 Å². The first-order valence-corrected chi connectivity index (χ1v) is 8.09. The fraction of sp³-hybridized carbons (Fsp3) is 0.600. The molecule has 1 aliphatic heterocycles. The van der Waals surface area contributed by atoms with Crippen molar-refractivity contribution in [1.82, 2.24) is 4.90 Å². The van der Waals surface area contributed by atoms with Crippen molar-refractivity contribution < 1.29 is 0 Å². The minimum atomic E-state index is 0.240. The maximum absolute atomic E-state index is 6.37. The molecule has 0 aromatic heterocycles. The summed E-state index contributed by atoms with van der Waals surface area (Å²) in [4.78, 5) is 2.49. The minimum absolute atomic E-state index is 0.240. The Bertz CT molecular complexity index is 436. The summed E-state index contributed by atoms with van der Waals surface area (Å²) in [6, 6.07) is 6.33. The fourth-order valence-electron chi connectivity index (χ4n) is 2.89. The molecule has 0 spiro atoms. The average molecular weight is 346 g/mol. The van der Waals surface area contributed by atoms with Gasteiger partial charge >= 0.3 is 0 Å². The van der Waals surface area contributed by atoms with Crippen molar-refractivity contribution in [2.45, 2.75) is 26.3 Å². The van der Waals surface area contributed by atoms with Gasteiger partial charge in [0.05, 0.1) is 0 Å². The standard InChI is InChI=1S/C15H22BrClN2/c1-10(2)11-5-6-19(9-11)15(8-18)13-4-3-12(16)7-14(13)17/h3-4,7,10-11,15H,5-6,8-9,18H2,1-2H3. The summed E-state index contributed by atoms with van der Waals surface area (Å²) in [5.74, 6) is 1.52. The van der Waals surface area contributed by atoms with Gasteiger partial charge in [0.25, 0.3) is 0 Å². The lowest BCUT2D eigenvalue weighted by Gasteiger charge is -2.28. The number of nitrogens with zero attached hydrogens (tertiary/aromatic N) is 1. The fourth-order valence-corrected chi connectivity index (χ4v) is 3.69. The number of rotatable bonds is 4. The Hall–Kier alpha value is -0.0900. The molecule has 0 amide bonds. The van der Waals surface area contributed by atoms with E-state index in [2.05, 4.69) is 40.7 Å². The molecule has 106 valence electrons. The Morgan fingerprint density at radius 3 is 2.74 bits per heavy atom. The number of likely N-dealkylation sites (tertiary alicyclic amines) is 1. The van der Waals surface area contributed by atoms with Gasteiger partial charge < -0.3 is 5.73 Å². The Balaban J connectivity index is 2.16. The summed E-state index contributed by atoms with van der Waals surface area (Å²) < 4.78 is 1.01. The molecule has 1 aromatic rings. The van der Waals surface area contributed by atoms with Crippen molar-refractivity contribution in [1.29, 1.82) is 0 Å². The lowest BCUT2D eigenvalue weighted by atomic mass is 9.95. The molecule has 1 heterocycles. The van der Waals surface area contributed by atoms with Crippen LogP contribution in [0.4, 0.5) is 0 Å². The van der Waals surface area contributed by atoms with Crippen LogP contribution in [-0.2, 0) is 0 Å². The smallest absolute Gasteiger partial charge is 0.0485 e. The van der Waals surface area contributed by atoms with E-state index in [0.29, 0.717) is 6.54 Å². The van der Waals surface area contributed by atoms with E-state index in [0.717, 1.165) is 40.0 Å². The van der Waals surface area contributed by atoms with Crippen LogP contribution in [0.2, 0.25) is 5.02 Å². The lowest BCUT2D eigenvalue weighted by molar-refractivity contribution is 0.232. The molecular formula is C15H22BrClN2. The highest BCUT2D eigenvalue weighted by Crippen LogP contribution is 2.34. The first kappa shape index (κ1) is 15.3. The highest BCUT2D eigenvalue weighted by Gasteiger charge is 2.30. The van der Waals surface area contributed by atoms with E-state index in [4.69, 9.17) is 17.3 Å². The topological polar surface area (TPSA) is 29.3 Å². The summed E-state index contributed by atoms with van der Waals surface area (Å²) in [5.41, 5.74) is 7.15. The molecule has 2 N–H and O–H groups in total. The molecule has 0 saturated carbocycles. The van der Waals surface area contributed by atoms with Crippen LogP contribution in [0.15, 0.2) is 22.7 Å². The Morgan fingerprint density at radius 1 is 1.47 bits per heavy atom. The van der Waals surface area contributed by atoms with Crippen molar-refractivity contribution in [2.24, 2.45) is 17.6 Å². The summed E-state index contributed by atoms with van der Waals surface area (Å²) in [5, 5.41) is 0.804. The number of halogens is 2. The van der Waals surface area contributed by atoms with Gasteiger partial charge in [0.2, 0.25) is 0 Å². The first-order chi connectivity index (χ1) is 9.02. The molecule has 0 radical (unpaired) electrons. The van der Waals surface area contributed by atoms with Gasteiger partial charge in [-0.3, -0.25) is 4.90 Å². The summed E-state index contributed by atoms with van der Waals surface area (Å²) in [6.45, 7) is 7.48. The quantitative estimate of drug-likeness (QED) is 0.891. The first-order valence-electron chi connectivity index (χ1n) is 6.92. The van der Waals surface area contributed by atoms with Gasteiger partial charge in [0.1, 0.15) is 0 Å². The monoisotopic (exact) mass is 344 g/mol. The van der Waals surface area contributed by atoms with Gasteiger partial charge in [-0.2, -0.15) is 0 Å². The summed E-state index contributed by atoms with van der Waals surface area (Å²) >= 11 is 9.82. The molecule has 1 fully saturated rings. The van der Waals surface area contributed by atoms with Crippen LogP contribution in [0.1, 0.15) is 31.9 Å². The Labute approximate surface area is 129 Å². The van der Waals surface area contributed by atoms with Crippen molar-refractivity contribution in [3.05, 3.63) is 33.3 Å². The molecule has 1 aromatic carbocycles. The predicted molar refractivity (Wildman–Crippen MR) is 85.5 cm³/mol. The SMILES string of the molecule is CC(C)C1CCN(C(CN)c2ccc(Br)cc2Cl)C1. The molecule has 2 rings (SSSR count). The maximum atomic E-state index is 6.37. The minimum Gasteiger partial charge on any atom is -0.329 e. The molecule has 2 unspecified atom stereocenters. The van der Waals surface area contributed by atoms with E-state index in [9.17, 15) is 0 Å². The molecule has 19 heavy (non-hydrogen) atoms. The number of benzene rings is 1. The summed E-state index contributed by atoms with van der Waals surface area (Å²) in [6.07, 6.45) is 1.27. The van der Waals surface area contributed by atoms with E-state index >= 15 is 0 Å². The second-order valence-electron chi connectivity index (χ2n) is 5.71. The van der Waals surface area contributed by atoms with Crippen LogP contribution >= 0.6 is 27.5 Å². The molecule has 0 aliphatic carbocycles. The van der Waals surface area contributed by atoms with Gasteiger partial charge in [0, 0.05) is 28.6 Å². The van der Waals surface area contributed by atoms with Gasteiger partial charge in [-0.1, -0.05) is 47.4 Å². The third-order valence-electron chi connectivity index (χ3n) is 4.18. The molecule has 1 aliphatic rings. The number of nitrogens with two attached hydrogens (primary N) is 1. The van der Waals surface area contributed by atoms with Crippen LogP contribution in [0, 0.1) is 11.8 Å². The van der Waals surface area contributed by atoms with Crippen molar-refractivity contribution in [2.75, 3.05) is 19.6 Å². The van der Waals surface area contributed by atoms with Crippen LogP contribution in [0.3, 0.4) is 0 Å². The van der Waals surface area contributed by atoms with Crippen molar-refractivity contribution >= 4 is 27.5 Å². The van der Waals surface area contributed by atoms with Gasteiger partial charge in [-0.25, -0.2) is 0 Å². The van der Waals surface area contributed by atoms with E-state index in [1.807, 2.05) is 12.1 Å². The third kappa shape index (κ3) is 3.52. The average Bonchev–Trinajstić information content (AvgIpc) is 2.82. The zero-order chi connectivity index (χ0) is 14.0. The van der Waals surface area contributed by atoms with E-state index < -0.39 is 0 Å². The highest BCUT2D eigenvalue weighted by molar-refractivity contribution is 9.10. The molecule has 2 atom stereocenters. The lowest BCUT2D eigenvalue weighted by Crippen LogP contribution is -2.32. The molecule has 1 saturated heterocycles. The largest absolute Gasteiger partial charge is 0.329 e. The highest BCUT2D eigenvalue weighted by atomic mass is 79.9. The van der Waals surface area contributed by atoms with E-state index in [-0.39, 0.29) is 6.04 Å². The van der Waals surface area contributed by atoms with E-state index in [1.54, 1.807) is 0 Å². The van der Waals surface area contributed by atoms with E-state index in [1.165, 1.54) is 6.42 Å². The Kier molecular flexibility index (Phi) is 5.29. The predicted octanol–water partition coefficient (Wildman–Crippen LogP) is 4.08. The number of hydrogen-bond donors (Lipinski definition) is 1. The second kappa shape index (κ2) is 6.57. The molecule has 4 heteroatoms. The van der Waals surface area contributed by atoms with Gasteiger partial charge in [-0.15, -0.1) is 0 Å². The zero-order valence-electron chi connectivity index (χ0n) is 11.6. The van der Waals surface area contributed by atoms with Crippen LogP contribution in [0.5, 0.6) is 0 Å². The normalized spacial score (nSPS) is 22.1. The van der Waals surface area contributed by atoms with Gasteiger partial charge in [0.15, 0.2) is 0 Å². The molecular weight excluding hydrogens is 324 g/mol. The van der Waals surface area contributed by atoms with Crippen molar-refractivity contribution in [3.8, 4) is 0 Å². The maximum Gasteiger partial charge on any atom is 0.0485 e. The molecule has 0 bridgehead atoms. The van der Waals surface area contributed by atoms with Crippen LogP contribution in [-0.4, -0.2) is 24.5 Å². The molecule has 2 nitrogen and oxygen atoms in total. The second-order valence-corrected chi connectivity index (χ2v) is 7.03. The van der Waals surface area contributed by atoms with Gasteiger partial charge in [-0.05, 0) is 42.5 Å². The third-order valence-corrected chi connectivity index (χ3v) is 5.01. The zero-order valence-corrected chi connectivity index (χ0v) is 13.9. The Morgan fingerprint density at radius 2 is 2.21 bits per heavy atom. The number of hydrogen-bond acceptors (Lipinski definition) is 2. The van der Waals surface area contributed by atoms with Crippen molar-refractivity contribution in [3.63, 3.8) is 0 Å². The van der Waals surface area contributed by atoms with Crippen LogP contribution < -0.4 is 5.73 Å². The summed E-state index contributed by atoms with van der Waals surface area (Å²) in [7, 11) is 0.